The van der Waals surface area contributed by atoms with Gasteiger partial charge in [0, 0.05) is 25.9 Å². The fraction of sp³-hybridized carbons (Fsp3) is 0.500. The summed E-state index contributed by atoms with van der Waals surface area (Å²) in [5.41, 5.74) is 1.09. The molecule has 1 aromatic heterocycles. The van der Waals surface area contributed by atoms with Gasteiger partial charge >= 0.3 is 0 Å². The maximum Gasteiger partial charge on any atom is 0.171 e. The van der Waals surface area contributed by atoms with Crippen molar-refractivity contribution in [2.24, 2.45) is 0 Å². The van der Waals surface area contributed by atoms with E-state index in [0.717, 1.165) is 49.0 Å². The molecule has 106 valence electrons. The first-order valence-corrected chi connectivity index (χ1v) is 8.48. The molecule has 2 aromatic rings. The Morgan fingerprint density at radius 1 is 1.15 bits per heavy atom. The van der Waals surface area contributed by atoms with Gasteiger partial charge in [-0.05, 0) is 24.1 Å². The summed E-state index contributed by atoms with van der Waals surface area (Å²) in [5, 5.41) is 0. The lowest BCUT2D eigenvalue weighted by molar-refractivity contribution is -0.178. The molecule has 0 atom stereocenters. The highest BCUT2D eigenvalue weighted by atomic mass is 32.2. The van der Waals surface area contributed by atoms with Crippen LogP contribution < -0.4 is 0 Å². The van der Waals surface area contributed by atoms with Crippen LogP contribution >= 0.6 is 23.3 Å². The summed E-state index contributed by atoms with van der Waals surface area (Å²) in [6, 6.07) is 8.30. The monoisotopic (exact) mass is 308 g/mol. The van der Waals surface area contributed by atoms with Crippen molar-refractivity contribution < 1.29 is 9.47 Å². The topological polar surface area (TPSA) is 34.6 Å². The van der Waals surface area contributed by atoms with Gasteiger partial charge in [0.05, 0.1) is 23.4 Å². The number of hydrogen-bond donors (Lipinski definition) is 0. The van der Waals surface area contributed by atoms with E-state index in [1.54, 1.807) is 23.3 Å². The summed E-state index contributed by atoms with van der Waals surface area (Å²) in [6.07, 6.45) is 1.90. The van der Waals surface area contributed by atoms with E-state index in [1.807, 2.05) is 6.07 Å². The predicted octanol–water partition coefficient (Wildman–Crippen LogP) is 3.14. The number of fused-ring (bicyclic) bond motifs is 1. The first-order valence-electron chi connectivity index (χ1n) is 6.89. The molecule has 1 aromatic carbocycles. The van der Waals surface area contributed by atoms with Gasteiger partial charge in [-0.3, -0.25) is 0 Å². The van der Waals surface area contributed by atoms with Crippen LogP contribution in [0.25, 0.3) is 10.2 Å². The van der Waals surface area contributed by atoms with Crippen molar-refractivity contribution in [1.29, 1.82) is 0 Å². The quantitative estimate of drug-likeness (QED) is 0.796. The van der Waals surface area contributed by atoms with E-state index in [-0.39, 0.29) is 5.79 Å². The van der Waals surface area contributed by atoms with E-state index < -0.39 is 0 Å². The van der Waals surface area contributed by atoms with E-state index >= 15 is 0 Å². The molecule has 0 radical (unpaired) electrons. The van der Waals surface area contributed by atoms with Crippen LogP contribution in [0, 0.1) is 0 Å². The Labute approximate surface area is 126 Å². The van der Waals surface area contributed by atoms with E-state index in [9.17, 15) is 0 Å². The molecule has 0 saturated carbocycles. The number of rotatable bonds is 2. The van der Waals surface area contributed by atoms with Crippen LogP contribution in [0.15, 0.2) is 28.6 Å². The van der Waals surface area contributed by atoms with E-state index in [1.165, 1.54) is 4.70 Å². The van der Waals surface area contributed by atoms with E-state index in [2.05, 4.69) is 27.5 Å². The molecule has 2 fully saturated rings. The van der Waals surface area contributed by atoms with Gasteiger partial charge in [-0.25, -0.2) is 9.29 Å². The normalized spacial score (nSPS) is 22.8. The molecule has 4 nitrogen and oxygen atoms in total. The van der Waals surface area contributed by atoms with Gasteiger partial charge in [0.1, 0.15) is 0 Å². The van der Waals surface area contributed by atoms with Crippen LogP contribution in [0.5, 0.6) is 0 Å². The summed E-state index contributed by atoms with van der Waals surface area (Å²) in [7, 11) is 0. The predicted molar refractivity (Wildman–Crippen MR) is 80.9 cm³/mol. The first kappa shape index (κ1) is 13.0. The van der Waals surface area contributed by atoms with Gasteiger partial charge < -0.3 is 9.47 Å². The van der Waals surface area contributed by atoms with Crippen molar-refractivity contribution >= 4 is 33.5 Å². The van der Waals surface area contributed by atoms with Gasteiger partial charge in [0.25, 0.3) is 0 Å². The van der Waals surface area contributed by atoms with Crippen LogP contribution in [-0.4, -0.2) is 41.4 Å². The van der Waals surface area contributed by atoms with Crippen molar-refractivity contribution in [1.82, 2.24) is 9.29 Å². The molecule has 3 heterocycles. The number of benzene rings is 1. The minimum atomic E-state index is -0.287. The largest absolute Gasteiger partial charge is 0.347 e. The Bertz CT molecular complexity index is 567. The Balaban J connectivity index is 1.42. The van der Waals surface area contributed by atoms with Crippen molar-refractivity contribution in [3.63, 3.8) is 0 Å². The molecule has 0 N–H and O–H groups in total. The van der Waals surface area contributed by atoms with Gasteiger partial charge in [0.15, 0.2) is 10.1 Å². The van der Waals surface area contributed by atoms with Crippen LogP contribution in [-0.2, 0) is 9.47 Å². The second-order valence-corrected chi connectivity index (χ2v) is 7.45. The van der Waals surface area contributed by atoms with Crippen molar-refractivity contribution in [3.05, 3.63) is 24.3 Å². The Kier molecular flexibility index (Phi) is 3.44. The molecule has 6 heteroatoms. The number of ether oxygens (including phenoxy) is 2. The lowest BCUT2D eigenvalue weighted by Crippen LogP contribution is -2.42. The average Bonchev–Trinajstić information content (AvgIpc) is 3.08. The standard InChI is InChI=1S/C14H16N2O2S2/c1-2-4-12-11(3-1)15-13(19-12)20-16-7-5-14(6-8-16)17-9-10-18-14/h1-4H,5-10H2. The lowest BCUT2D eigenvalue weighted by atomic mass is 10.1. The zero-order chi connectivity index (χ0) is 13.4. The highest BCUT2D eigenvalue weighted by molar-refractivity contribution is 7.98. The third-order valence-electron chi connectivity index (χ3n) is 3.78. The van der Waals surface area contributed by atoms with Crippen LogP contribution in [0.1, 0.15) is 12.8 Å². The summed E-state index contributed by atoms with van der Waals surface area (Å²) < 4.78 is 16.3. The minimum absolute atomic E-state index is 0.287. The Morgan fingerprint density at radius 3 is 2.65 bits per heavy atom. The molecule has 2 saturated heterocycles. The zero-order valence-electron chi connectivity index (χ0n) is 11.1. The van der Waals surface area contributed by atoms with Crippen molar-refractivity contribution in [2.75, 3.05) is 26.3 Å². The zero-order valence-corrected chi connectivity index (χ0v) is 12.7. The maximum atomic E-state index is 5.76. The number of thiazole rings is 1. The average molecular weight is 308 g/mol. The summed E-state index contributed by atoms with van der Waals surface area (Å²) in [5.74, 6) is -0.287. The Hall–Kier alpha value is -0.660. The van der Waals surface area contributed by atoms with Gasteiger partial charge in [-0.15, -0.1) is 11.3 Å². The SMILES string of the molecule is c1ccc2sc(SN3CCC4(CC3)OCCO4)nc2c1. The maximum absolute atomic E-state index is 5.76. The summed E-state index contributed by atoms with van der Waals surface area (Å²) in [4.78, 5) is 4.67. The Morgan fingerprint density at radius 2 is 1.90 bits per heavy atom. The lowest BCUT2D eigenvalue weighted by Gasteiger charge is -2.36. The van der Waals surface area contributed by atoms with Gasteiger partial charge in [0.2, 0.25) is 0 Å². The summed E-state index contributed by atoms with van der Waals surface area (Å²) >= 11 is 3.52. The molecule has 0 bridgehead atoms. The third kappa shape index (κ3) is 2.46. The second-order valence-electron chi connectivity index (χ2n) is 5.08. The molecule has 20 heavy (non-hydrogen) atoms. The van der Waals surface area contributed by atoms with Gasteiger partial charge in [-0.2, -0.15) is 0 Å². The molecule has 0 amide bonds. The van der Waals surface area contributed by atoms with E-state index in [0.29, 0.717) is 0 Å². The molecule has 1 spiro atoms. The number of aromatic nitrogens is 1. The third-order valence-corrected chi connectivity index (χ3v) is 5.95. The number of piperidine rings is 1. The minimum Gasteiger partial charge on any atom is -0.347 e. The molecule has 0 aliphatic carbocycles. The molecule has 2 aliphatic heterocycles. The molecular weight excluding hydrogens is 292 g/mol. The highest BCUT2D eigenvalue weighted by Crippen LogP contribution is 2.37. The number of nitrogens with zero attached hydrogens (tertiary/aromatic N) is 2. The van der Waals surface area contributed by atoms with E-state index in [4.69, 9.17) is 9.47 Å². The molecule has 2 aliphatic rings. The smallest absolute Gasteiger partial charge is 0.171 e. The fourth-order valence-corrected chi connectivity index (χ4v) is 4.86. The first-order chi connectivity index (χ1) is 9.83. The second kappa shape index (κ2) is 5.27. The van der Waals surface area contributed by atoms with Gasteiger partial charge in [-0.1, -0.05) is 12.1 Å². The molecule has 0 unspecified atom stereocenters. The van der Waals surface area contributed by atoms with Crippen molar-refractivity contribution in [2.45, 2.75) is 23.0 Å². The van der Waals surface area contributed by atoms with Crippen LogP contribution in [0.4, 0.5) is 0 Å². The summed E-state index contributed by atoms with van der Waals surface area (Å²) in [6.45, 7) is 3.46. The van der Waals surface area contributed by atoms with Crippen LogP contribution in [0.2, 0.25) is 0 Å². The fourth-order valence-electron chi connectivity index (χ4n) is 2.70. The number of para-hydroxylation sites is 1. The van der Waals surface area contributed by atoms with Crippen LogP contribution in [0.3, 0.4) is 0 Å². The van der Waals surface area contributed by atoms with Crippen molar-refractivity contribution in [3.8, 4) is 0 Å². The highest BCUT2D eigenvalue weighted by Gasteiger charge is 2.40. The number of hydrogen-bond acceptors (Lipinski definition) is 6. The molecular formula is C14H16N2O2S2. The molecule has 4 rings (SSSR count).